The lowest BCUT2D eigenvalue weighted by Gasteiger charge is -2.36. The summed E-state index contributed by atoms with van der Waals surface area (Å²) in [6.07, 6.45) is 0. The number of piperazine rings is 1. The highest BCUT2D eigenvalue weighted by molar-refractivity contribution is 5.51. The number of benzene rings is 2. The minimum atomic E-state index is -0.365. The van der Waals surface area contributed by atoms with Gasteiger partial charge in [-0.1, -0.05) is 17.7 Å². The largest absolute Gasteiger partial charge is 0.492 e. The van der Waals surface area contributed by atoms with E-state index in [9.17, 15) is 10.1 Å². The molecular formula is C19H23N3O3. The number of anilines is 1. The zero-order valence-electron chi connectivity index (χ0n) is 14.4. The predicted molar refractivity (Wildman–Crippen MR) is 98.4 cm³/mol. The summed E-state index contributed by atoms with van der Waals surface area (Å²) in [5, 5.41) is 10.7. The minimum absolute atomic E-state index is 0.135. The van der Waals surface area contributed by atoms with Gasteiger partial charge in [0.05, 0.1) is 4.92 Å². The van der Waals surface area contributed by atoms with Crippen molar-refractivity contribution in [3.8, 4) is 5.75 Å². The number of nitrogens with zero attached hydrogens (tertiary/aromatic N) is 3. The molecule has 0 saturated carbocycles. The van der Waals surface area contributed by atoms with E-state index < -0.39 is 0 Å². The van der Waals surface area contributed by atoms with Crippen LogP contribution in [0.5, 0.6) is 5.75 Å². The molecule has 1 heterocycles. The normalized spacial score (nSPS) is 15.2. The Balaban J connectivity index is 1.42. The summed E-state index contributed by atoms with van der Waals surface area (Å²) >= 11 is 0. The van der Waals surface area contributed by atoms with Gasteiger partial charge in [-0.3, -0.25) is 15.0 Å². The fraction of sp³-hybridized carbons (Fsp3) is 0.368. The van der Waals surface area contributed by atoms with Crippen LogP contribution in [0.4, 0.5) is 11.4 Å². The number of ether oxygens (including phenoxy) is 1. The average Bonchev–Trinajstić information content (AvgIpc) is 2.64. The quantitative estimate of drug-likeness (QED) is 0.597. The van der Waals surface area contributed by atoms with Crippen molar-refractivity contribution in [3.05, 3.63) is 64.2 Å². The van der Waals surface area contributed by atoms with Crippen LogP contribution >= 0.6 is 0 Å². The van der Waals surface area contributed by atoms with Crippen LogP contribution < -0.4 is 9.64 Å². The van der Waals surface area contributed by atoms with Gasteiger partial charge >= 0.3 is 0 Å². The van der Waals surface area contributed by atoms with Gasteiger partial charge in [0.25, 0.3) is 5.69 Å². The Morgan fingerprint density at radius 1 is 1.00 bits per heavy atom. The molecule has 6 heteroatoms. The highest BCUT2D eigenvalue weighted by atomic mass is 16.6. The van der Waals surface area contributed by atoms with E-state index in [0.29, 0.717) is 6.61 Å². The van der Waals surface area contributed by atoms with Gasteiger partial charge in [0.1, 0.15) is 12.4 Å². The Morgan fingerprint density at radius 2 is 1.64 bits per heavy atom. The molecule has 6 nitrogen and oxygen atoms in total. The Kier molecular flexibility index (Phi) is 5.50. The molecule has 3 rings (SSSR count). The van der Waals surface area contributed by atoms with Gasteiger partial charge in [0.15, 0.2) is 0 Å². The molecule has 0 bridgehead atoms. The first kappa shape index (κ1) is 17.2. The molecule has 0 amide bonds. The first-order valence-corrected chi connectivity index (χ1v) is 8.53. The number of rotatable bonds is 6. The van der Waals surface area contributed by atoms with E-state index >= 15 is 0 Å². The van der Waals surface area contributed by atoms with Gasteiger partial charge in [-0.15, -0.1) is 0 Å². The van der Waals surface area contributed by atoms with E-state index in [-0.39, 0.29) is 10.6 Å². The molecule has 25 heavy (non-hydrogen) atoms. The Morgan fingerprint density at radius 3 is 2.24 bits per heavy atom. The van der Waals surface area contributed by atoms with Gasteiger partial charge < -0.3 is 9.64 Å². The first-order chi connectivity index (χ1) is 12.1. The molecule has 1 aliphatic heterocycles. The molecule has 0 atom stereocenters. The second-order valence-corrected chi connectivity index (χ2v) is 6.26. The Bertz CT molecular complexity index is 693. The number of non-ortho nitro benzene ring substituents is 1. The van der Waals surface area contributed by atoms with Crippen LogP contribution in [0.25, 0.3) is 0 Å². The van der Waals surface area contributed by atoms with Crippen molar-refractivity contribution in [3.63, 3.8) is 0 Å². The number of nitro groups is 1. The second-order valence-electron chi connectivity index (χ2n) is 6.26. The minimum Gasteiger partial charge on any atom is -0.492 e. The van der Waals surface area contributed by atoms with Crippen LogP contribution in [-0.4, -0.2) is 49.2 Å². The molecule has 0 spiro atoms. The fourth-order valence-electron chi connectivity index (χ4n) is 2.94. The molecule has 2 aromatic rings. The maximum atomic E-state index is 10.7. The van der Waals surface area contributed by atoms with Crippen LogP contribution in [0.15, 0.2) is 48.5 Å². The monoisotopic (exact) mass is 341 g/mol. The molecule has 0 aromatic heterocycles. The van der Waals surface area contributed by atoms with Crippen LogP contribution in [0.1, 0.15) is 5.56 Å². The third kappa shape index (κ3) is 4.70. The van der Waals surface area contributed by atoms with Crippen LogP contribution in [-0.2, 0) is 0 Å². The summed E-state index contributed by atoms with van der Waals surface area (Å²) in [7, 11) is 0. The highest BCUT2D eigenvalue weighted by Gasteiger charge is 2.17. The second kappa shape index (κ2) is 7.98. The van der Waals surface area contributed by atoms with Crippen LogP contribution in [0, 0.1) is 17.0 Å². The van der Waals surface area contributed by atoms with Crippen molar-refractivity contribution in [1.82, 2.24) is 4.90 Å². The lowest BCUT2D eigenvalue weighted by atomic mass is 10.2. The molecule has 0 aliphatic carbocycles. The lowest BCUT2D eigenvalue weighted by molar-refractivity contribution is -0.384. The van der Waals surface area contributed by atoms with Gasteiger partial charge in [-0.2, -0.15) is 0 Å². The third-order valence-electron chi connectivity index (χ3n) is 4.50. The van der Waals surface area contributed by atoms with E-state index in [0.717, 1.165) is 44.2 Å². The molecule has 0 unspecified atom stereocenters. The van der Waals surface area contributed by atoms with E-state index in [2.05, 4.69) is 28.9 Å². The highest BCUT2D eigenvalue weighted by Crippen LogP contribution is 2.20. The summed E-state index contributed by atoms with van der Waals surface area (Å²) in [5.41, 5.74) is 2.41. The number of nitro benzene ring substituents is 1. The SMILES string of the molecule is Cc1ccc(OCCN2CCN(c3ccc([N+](=O)[O-])cc3)CC2)cc1. The van der Waals surface area contributed by atoms with E-state index in [1.54, 1.807) is 12.1 Å². The summed E-state index contributed by atoms with van der Waals surface area (Å²) in [4.78, 5) is 15.0. The summed E-state index contributed by atoms with van der Waals surface area (Å²) in [6.45, 7) is 7.42. The number of hydrogen-bond donors (Lipinski definition) is 0. The molecular weight excluding hydrogens is 318 g/mol. The number of aryl methyl sites for hydroxylation is 1. The molecule has 1 saturated heterocycles. The maximum Gasteiger partial charge on any atom is 0.269 e. The van der Waals surface area contributed by atoms with Crippen molar-refractivity contribution in [2.75, 3.05) is 44.2 Å². The van der Waals surface area contributed by atoms with Crippen LogP contribution in [0.3, 0.4) is 0 Å². The van der Waals surface area contributed by atoms with Gasteiger partial charge in [-0.05, 0) is 31.2 Å². The standard InChI is InChI=1S/C19H23N3O3/c1-16-2-8-19(9-3-16)25-15-14-20-10-12-21(13-11-20)17-4-6-18(7-5-17)22(23)24/h2-9H,10-15H2,1H3. The van der Waals surface area contributed by atoms with Gasteiger partial charge in [-0.25, -0.2) is 0 Å². The Hall–Kier alpha value is -2.60. The topological polar surface area (TPSA) is 58.8 Å². The summed E-state index contributed by atoms with van der Waals surface area (Å²) in [6, 6.07) is 14.9. The molecule has 1 fully saturated rings. The summed E-state index contributed by atoms with van der Waals surface area (Å²) < 4.78 is 5.79. The van der Waals surface area contributed by atoms with Crippen molar-refractivity contribution >= 4 is 11.4 Å². The molecule has 1 aliphatic rings. The zero-order valence-corrected chi connectivity index (χ0v) is 14.4. The van der Waals surface area contributed by atoms with Crippen molar-refractivity contribution in [2.45, 2.75) is 6.92 Å². The van der Waals surface area contributed by atoms with E-state index in [1.165, 1.54) is 5.56 Å². The smallest absolute Gasteiger partial charge is 0.269 e. The molecule has 0 N–H and O–H groups in total. The molecule has 0 radical (unpaired) electrons. The first-order valence-electron chi connectivity index (χ1n) is 8.53. The number of hydrogen-bond acceptors (Lipinski definition) is 5. The fourth-order valence-corrected chi connectivity index (χ4v) is 2.94. The maximum absolute atomic E-state index is 10.7. The van der Waals surface area contributed by atoms with Crippen molar-refractivity contribution < 1.29 is 9.66 Å². The van der Waals surface area contributed by atoms with Crippen molar-refractivity contribution in [1.29, 1.82) is 0 Å². The third-order valence-corrected chi connectivity index (χ3v) is 4.50. The van der Waals surface area contributed by atoms with Gasteiger partial charge in [0, 0.05) is 50.5 Å². The zero-order chi connectivity index (χ0) is 17.6. The average molecular weight is 341 g/mol. The van der Waals surface area contributed by atoms with E-state index in [1.807, 2.05) is 24.3 Å². The van der Waals surface area contributed by atoms with Gasteiger partial charge in [0.2, 0.25) is 0 Å². The molecule has 2 aromatic carbocycles. The predicted octanol–water partition coefficient (Wildman–Crippen LogP) is 3.10. The molecule has 132 valence electrons. The lowest BCUT2D eigenvalue weighted by Crippen LogP contribution is -2.47. The van der Waals surface area contributed by atoms with Crippen LogP contribution in [0.2, 0.25) is 0 Å². The van der Waals surface area contributed by atoms with E-state index in [4.69, 9.17) is 4.74 Å². The van der Waals surface area contributed by atoms with Crippen molar-refractivity contribution in [2.24, 2.45) is 0 Å². The Labute approximate surface area is 147 Å². The summed E-state index contributed by atoms with van der Waals surface area (Å²) in [5.74, 6) is 0.912.